The van der Waals surface area contributed by atoms with E-state index in [2.05, 4.69) is 14.9 Å². The lowest BCUT2D eigenvalue weighted by Crippen LogP contribution is -2.28. The van der Waals surface area contributed by atoms with E-state index in [4.69, 9.17) is 0 Å². The molecular weight excluding hydrogens is 274 g/mol. The SMILES string of the molecule is CCCNS(=O)(=O)c1ccc(N2CCCNCC2)cc1. The van der Waals surface area contributed by atoms with E-state index in [1.165, 1.54) is 0 Å². The van der Waals surface area contributed by atoms with Crippen molar-refractivity contribution in [1.82, 2.24) is 10.0 Å². The highest BCUT2D eigenvalue weighted by molar-refractivity contribution is 7.89. The number of hydrogen-bond acceptors (Lipinski definition) is 4. The zero-order chi connectivity index (χ0) is 14.4. The molecule has 1 aromatic rings. The Kier molecular flexibility index (Phi) is 5.39. The first kappa shape index (κ1) is 15.3. The smallest absolute Gasteiger partial charge is 0.240 e. The second-order valence-electron chi connectivity index (χ2n) is 4.98. The first-order valence-corrected chi connectivity index (χ1v) is 8.67. The Bertz CT molecular complexity index is 506. The van der Waals surface area contributed by atoms with E-state index < -0.39 is 10.0 Å². The number of sulfonamides is 1. The van der Waals surface area contributed by atoms with Crippen LogP contribution in [0.1, 0.15) is 19.8 Å². The summed E-state index contributed by atoms with van der Waals surface area (Å²) >= 11 is 0. The summed E-state index contributed by atoms with van der Waals surface area (Å²) in [4.78, 5) is 2.62. The van der Waals surface area contributed by atoms with Crippen LogP contribution in [0.25, 0.3) is 0 Å². The molecule has 0 bridgehead atoms. The number of anilines is 1. The number of nitrogens with one attached hydrogen (secondary N) is 2. The molecule has 6 heteroatoms. The molecule has 20 heavy (non-hydrogen) atoms. The predicted molar refractivity (Wildman–Crippen MR) is 81.6 cm³/mol. The topological polar surface area (TPSA) is 61.4 Å². The second-order valence-corrected chi connectivity index (χ2v) is 6.75. The van der Waals surface area contributed by atoms with Crippen molar-refractivity contribution in [3.8, 4) is 0 Å². The minimum absolute atomic E-state index is 0.336. The van der Waals surface area contributed by atoms with Crippen molar-refractivity contribution >= 4 is 15.7 Å². The summed E-state index contributed by atoms with van der Waals surface area (Å²) in [6.07, 6.45) is 1.90. The summed E-state index contributed by atoms with van der Waals surface area (Å²) in [6.45, 7) is 6.40. The summed E-state index contributed by atoms with van der Waals surface area (Å²) in [7, 11) is -3.36. The quantitative estimate of drug-likeness (QED) is 0.856. The van der Waals surface area contributed by atoms with Gasteiger partial charge in [0.2, 0.25) is 10.0 Å². The van der Waals surface area contributed by atoms with Crippen molar-refractivity contribution in [3.05, 3.63) is 24.3 Å². The van der Waals surface area contributed by atoms with Gasteiger partial charge in [-0.05, 0) is 43.7 Å². The molecule has 1 aliphatic rings. The van der Waals surface area contributed by atoms with Gasteiger partial charge in [0.1, 0.15) is 0 Å². The predicted octanol–water partition coefficient (Wildman–Crippen LogP) is 1.17. The highest BCUT2D eigenvalue weighted by Gasteiger charge is 2.14. The largest absolute Gasteiger partial charge is 0.370 e. The van der Waals surface area contributed by atoms with Crippen molar-refractivity contribution in [2.45, 2.75) is 24.7 Å². The molecule has 0 atom stereocenters. The molecule has 0 spiro atoms. The van der Waals surface area contributed by atoms with E-state index in [1.807, 2.05) is 19.1 Å². The fraction of sp³-hybridized carbons (Fsp3) is 0.571. The average Bonchev–Trinajstić information content (AvgIpc) is 2.74. The van der Waals surface area contributed by atoms with Crippen LogP contribution < -0.4 is 14.9 Å². The zero-order valence-corrected chi connectivity index (χ0v) is 12.7. The summed E-state index contributed by atoms with van der Waals surface area (Å²) in [5.41, 5.74) is 1.09. The van der Waals surface area contributed by atoms with E-state index in [1.54, 1.807) is 12.1 Å². The minimum Gasteiger partial charge on any atom is -0.370 e. The molecule has 1 fully saturated rings. The summed E-state index contributed by atoms with van der Waals surface area (Å²) in [6, 6.07) is 7.16. The standard InChI is InChI=1S/C14H23N3O2S/c1-2-8-16-20(18,19)14-6-4-13(5-7-14)17-11-3-9-15-10-12-17/h4-7,15-16H,2-3,8-12H2,1H3. The van der Waals surface area contributed by atoms with Gasteiger partial charge in [0.05, 0.1) is 4.90 Å². The van der Waals surface area contributed by atoms with Crippen LogP contribution in [0.5, 0.6) is 0 Å². The monoisotopic (exact) mass is 297 g/mol. The Labute approximate surface area is 121 Å². The molecule has 1 heterocycles. The zero-order valence-electron chi connectivity index (χ0n) is 11.9. The number of benzene rings is 1. The van der Waals surface area contributed by atoms with Crippen molar-refractivity contribution < 1.29 is 8.42 Å². The van der Waals surface area contributed by atoms with Gasteiger partial charge >= 0.3 is 0 Å². The fourth-order valence-electron chi connectivity index (χ4n) is 2.26. The van der Waals surface area contributed by atoms with Crippen molar-refractivity contribution in [2.75, 3.05) is 37.6 Å². The highest BCUT2D eigenvalue weighted by Crippen LogP contribution is 2.18. The molecule has 1 saturated heterocycles. The molecule has 0 amide bonds. The number of rotatable bonds is 5. The first-order valence-electron chi connectivity index (χ1n) is 7.19. The van der Waals surface area contributed by atoms with Crippen LogP contribution in [0.3, 0.4) is 0 Å². The Morgan fingerprint density at radius 3 is 2.65 bits per heavy atom. The van der Waals surface area contributed by atoms with Crippen molar-refractivity contribution in [2.24, 2.45) is 0 Å². The lowest BCUT2D eigenvalue weighted by molar-refractivity contribution is 0.581. The van der Waals surface area contributed by atoms with Gasteiger partial charge in [0.25, 0.3) is 0 Å². The summed E-state index contributed by atoms with van der Waals surface area (Å²) in [5, 5.41) is 3.36. The molecule has 0 saturated carbocycles. The van der Waals surface area contributed by atoms with Crippen LogP contribution in [0.15, 0.2) is 29.2 Å². The molecule has 2 rings (SSSR count). The molecule has 0 aliphatic carbocycles. The van der Waals surface area contributed by atoms with Gasteiger partial charge in [0.15, 0.2) is 0 Å². The second kappa shape index (κ2) is 7.06. The first-order chi connectivity index (χ1) is 9.63. The van der Waals surface area contributed by atoms with Crippen LogP contribution in [0.2, 0.25) is 0 Å². The van der Waals surface area contributed by atoms with E-state index in [9.17, 15) is 8.42 Å². The van der Waals surface area contributed by atoms with E-state index in [0.29, 0.717) is 11.4 Å². The van der Waals surface area contributed by atoms with Crippen LogP contribution in [0, 0.1) is 0 Å². The fourth-order valence-corrected chi connectivity index (χ4v) is 3.39. The highest BCUT2D eigenvalue weighted by atomic mass is 32.2. The Balaban J connectivity index is 2.09. The number of nitrogens with zero attached hydrogens (tertiary/aromatic N) is 1. The van der Waals surface area contributed by atoms with Crippen molar-refractivity contribution in [3.63, 3.8) is 0 Å². The van der Waals surface area contributed by atoms with E-state index in [-0.39, 0.29) is 0 Å². The molecule has 0 radical (unpaired) electrons. The third-order valence-corrected chi connectivity index (χ3v) is 4.87. The lowest BCUT2D eigenvalue weighted by Gasteiger charge is -2.22. The normalized spacial score (nSPS) is 16.9. The average molecular weight is 297 g/mol. The maximum absolute atomic E-state index is 12.0. The van der Waals surface area contributed by atoms with Crippen LogP contribution >= 0.6 is 0 Å². The van der Waals surface area contributed by atoms with Gasteiger partial charge in [-0.1, -0.05) is 6.92 Å². The Morgan fingerprint density at radius 1 is 1.20 bits per heavy atom. The molecule has 1 aliphatic heterocycles. The number of hydrogen-bond donors (Lipinski definition) is 2. The Hall–Kier alpha value is -1.11. The lowest BCUT2D eigenvalue weighted by atomic mass is 10.2. The molecular formula is C14H23N3O2S. The van der Waals surface area contributed by atoms with Gasteiger partial charge in [-0.15, -0.1) is 0 Å². The van der Waals surface area contributed by atoms with Crippen LogP contribution in [-0.2, 0) is 10.0 Å². The molecule has 1 aromatic carbocycles. The van der Waals surface area contributed by atoms with Crippen molar-refractivity contribution in [1.29, 1.82) is 0 Å². The van der Waals surface area contributed by atoms with Crippen LogP contribution in [0.4, 0.5) is 5.69 Å². The molecule has 112 valence electrons. The summed E-state index contributed by atoms with van der Waals surface area (Å²) < 4.78 is 26.6. The molecule has 2 N–H and O–H groups in total. The van der Waals surface area contributed by atoms with Crippen LogP contribution in [-0.4, -0.2) is 41.1 Å². The molecule has 0 unspecified atom stereocenters. The third-order valence-electron chi connectivity index (χ3n) is 3.39. The minimum atomic E-state index is -3.36. The van der Waals surface area contributed by atoms with Gasteiger partial charge in [-0.3, -0.25) is 0 Å². The third kappa shape index (κ3) is 3.94. The van der Waals surface area contributed by atoms with Gasteiger partial charge in [0, 0.05) is 31.9 Å². The van der Waals surface area contributed by atoms with Gasteiger partial charge < -0.3 is 10.2 Å². The van der Waals surface area contributed by atoms with E-state index in [0.717, 1.165) is 44.7 Å². The van der Waals surface area contributed by atoms with E-state index >= 15 is 0 Å². The van der Waals surface area contributed by atoms with Gasteiger partial charge in [-0.25, -0.2) is 13.1 Å². The molecule has 0 aromatic heterocycles. The summed E-state index contributed by atoms with van der Waals surface area (Å²) in [5.74, 6) is 0. The van der Waals surface area contributed by atoms with Gasteiger partial charge in [-0.2, -0.15) is 0 Å². The Morgan fingerprint density at radius 2 is 1.95 bits per heavy atom. The maximum Gasteiger partial charge on any atom is 0.240 e. The molecule has 5 nitrogen and oxygen atoms in total. The maximum atomic E-state index is 12.0.